The minimum absolute atomic E-state index is 0.133. The van der Waals surface area contributed by atoms with Crippen molar-refractivity contribution in [1.82, 2.24) is 0 Å². The molecule has 0 atom stereocenters. The Morgan fingerprint density at radius 3 is 1.76 bits per heavy atom. The molecule has 1 aromatic carbocycles. The van der Waals surface area contributed by atoms with Crippen LogP contribution in [0.25, 0.3) is 0 Å². The van der Waals surface area contributed by atoms with Crippen molar-refractivity contribution in [3.8, 4) is 0 Å². The molecule has 0 unspecified atom stereocenters. The van der Waals surface area contributed by atoms with Gasteiger partial charge in [0, 0.05) is 5.56 Å². The summed E-state index contributed by atoms with van der Waals surface area (Å²) < 4.78 is 81.9. The number of alkyl halides is 6. The van der Waals surface area contributed by atoms with Crippen molar-refractivity contribution in [1.29, 1.82) is 0 Å². The van der Waals surface area contributed by atoms with Gasteiger partial charge in [-0.25, -0.2) is 0 Å². The van der Waals surface area contributed by atoms with Gasteiger partial charge in [0.25, 0.3) is 0 Å². The summed E-state index contributed by atoms with van der Waals surface area (Å²) in [7, 11) is 0. The Morgan fingerprint density at radius 1 is 0.905 bits per heavy atom. The van der Waals surface area contributed by atoms with E-state index in [1.54, 1.807) is 26.0 Å². The number of hydrogen-bond acceptors (Lipinski definition) is 2. The number of hydrogen-bond donors (Lipinski definition) is 0. The molecule has 0 aromatic heterocycles. The summed E-state index contributed by atoms with van der Waals surface area (Å²) in [4.78, 5) is 0. The topological polar surface area (TPSA) is 18.5 Å². The standard InChI is InChI=1S/C13H14F6O2/c1-8-3-4-10(9(2)5-8)11(20-6-12(14,15)16)21-7-13(17,18)19/h3-5,11H,6-7H2,1-2H3. The van der Waals surface area contributed by atoms with Crippen LogP contribution in [0.2, 0.25) is 0 Å². The second-order valence-corrected chi connectivity index (χ2v) is 4.54. The molecule has 0 spiro atoms. The molecule has 2 nitrogen and oxygen atoms in total. The third-order valence-electron chi connectivity index (χ3n) is 2.48. The molecule has 1 aromatic rings. The van der Waals surface area contributed by atoms with Gasteiger partial charge in [0.15, 0.2) is 6.29 Å². The van der Waals surface area contributed by atoms with Crippen LogP contribution in [0.5, 0.6) is 0 Å². The van der Waals surface area contributed by atoms with Gasteiger partial charge in [-0.2, -0.15) is 26.3 Å². The maximum absolute atomic E-state index is 12.2. The molecule has 0 fully saturated rings. The highest BCUT2D eigenvalue weighted by molar-refractivity contribution is 5.31. The Kier molecular flexibility index (Phi) is 5.63. The van der Waals surface area contributed by atoms with E-state index in [9.17, 15) is 26.3 Å². The Morgan fingerprint density at radius 2 is 1.38 bits per heavy atom. The fraction of sp³-hybridized carbons (Fsp3) is 0.538. The fourth-order valence-corrected chi connectivity index (χ4v) is 1.66. The van der Waals surface area contributed by atoms with E-state index >= 15 is 0 Å². The van der Waals surface area contributed by atoms with Gasteiger partial charge < -0.3 is 9.47 Å². The summed E-state index contributed by atoms with van der Waals surface area (Å²) in [6.45, 7) is -0.0756. The predicted molar refractivity (Wildman–Crippen MR) is 62.7 cm³/mol. The zero-order chi connectivity index (χ0) is 16.3. The molecule has 0 saturated heterocycles. The van der Waals surface area contributed by atoms with Gasteiger partial charge in [-0.3, -0.25) is 0 Å². The minimum atomic E-state index is -4.65. The van der Waals surface area contributed by atoms with Crippen molar-refractivity contribution >= 4 is 0 Å². The Labute approximate surface area is 117 Å². The molecule has 0 heterocycles. The minimum Gasteiger partial charge on any atom is -0.339 e. The summed E-state index contributed by atoms with van der Waals surface area (Å²) in [5.74, 6) is 0. The van der Waals surface area contributed by atoms with Gasteiger partial charge in [-0.05, 0) is 19.4 Å². The van der Waals surface area contributed by atoms with Crippen molar-refractivity contribution < 1.29 is 35.8 Å². The van der Waals surface area contributed by atoms with Crippen molar-refractivity contribution in [2.75, 3.05) is 13.2 Å². The molecule has 0 bridgehead atoms. The van der Waals surface area contributed by atoms with Gasteiger partial charge in [0.05, 0.1) is 0 Å². The first kappa shape index (κ1) is 17.8. The van der Waals surface area contributed by atoms with Crippen LogP contribution in [0.4, 0.5) is 26.3 Å². The van der Waals surface area contributed by atoms with Gasteiger partial charge in [-0.15, -0.1) is 0 Å². The van der Waals surface area contributed by atoms with Crippen molar-refractivity contribution in [2.24, 2.45) is 0 Å². The highest BCUT2D eigenvalue weighted by atomic mass is 19.4. The summed E-state index contributed by atoms with van der Waals surface area (Å²) in [5, 5.41) is 0. The predicted octanol–water partition coefficient (Wildman–Crippen LogP) is 4.46. The number of rotatable bonds is 5. The number of ether oxygens (including phenoxy) is 2. The third-order valence-corrected chi connectivity index (χ3v) is 2.48. The van der Waals surface area contributed by atoms with Gasteiger partial charge in [0.2, 0.25) is 0 Å². The van der Waals surface area contributed by atoms with E-state index in [0.717, 1.165) is 5.56 Å². The largest absolute Gasteiger partial charge is 0.411 e. The first-order valence-corrected chi connectivity index (χ1v) is 5.92. The maximum Gasteiger partial charge on any atom is 0.411 e. The lowest BCUT2D eigenvalue weighted by atomic mass is 10.1. The first-order chi connectivity index (χ1) is 9.48. The molecule has 0 saturated carbocycles. The molecular weight excluding hydrogens is 302 g/mol. The summed E-state index contributed by atoms with van der Waals surface area (Å²) in [5.41, 5.74) is 1.44. The quantitative estimate of drug-likeness (QED) is 0.590. The molecule has 0 aliphatic rings. The molecule has 0 N–H and O–H groups in total. The van der Waals surface area contributed by atoms with Crippen LogP contribution in [0.1, 0.15) is 23.0 Å². The number of halogens is 6. The second kappa shape index (κ2) is 6.65. The summed E-state index contributed by atoms with van der Waals surface area (Å²) in [6, 6.07) is 4.57. The van der Waals surface area contributed by atoms with E-state index in [-0.39, 0.29) is 5.56 Å². The normalized spacial score (nSPS) is 13.0. The number of benzene rings is 1. The maximum atomic E-state index is 12.2. The van der Waals surface area contributed by atoms with Crippen molar-refractivity contribution in [2.45, 2.75) is 32.5 Å². The molecule has 0 aliphatic heterocycles. The summed E-state index contributed by atoms with van der Waals surface area (Å²) >= 11 is 0. The lowest BCUT2D eigenvalue weighted by Gasteiger charge is -2.22. The molecule has 1 rings (SSSR count). The van der Waals surface area contributed by atoms with Crippen LogP contribution < -0.4 is 0 Å². The average Bonchev–Trinajstić information content (AvgIpc) is 2.28. The molecule has 8 heteroatoms. The van der Waals surface area contributed by atoms with Gasteiger partial charge in [-0.1, -0.05) is 23.8 Å². The molecule has 0 aliphatic carbocycles. The van der Waals surface area contributed by atoms with E-state index in [0.29, 0.717) is 5.56 Å². The third kappa shape index (κ3) is 6.81. The van der Waals surface area contributed by atoms with Crippen molar-refractivity contribution in [3.63, 3.8) is 0 Å². The Balaban J connectivity index is 2.89. The van der Waals surface area contributed by atoms with E-state index in [1.807, 2.05) is 0 Å². The van der Waals surface area contributed by atoms with Gasteiger partial charge in [0.1, 0.15) is 13.2 Å². The van der Waals surface area contributed by atoms with Crippen LogP contribution in [-0.2, 0) is 9.47 Å². The van der Waals surface area contributed by atoms with E-state index in [2.05, 4.69) is 9.47 Å². The smallest absolute Gasteiger partial charge is 0.339 e. The molecule has 0 amide bonds. The first-order valence-electron chi connectivity index (χ1n) is 5.92. The Bertz CT molecular complexity index is 449. The lowest BCUT2D eigenvalue weighted by Crippen LogP contribution is -2.25. The fourth-order valence-electron chi connectivity index (χ4n) is 1.66. The van der Waals surface area contributed by atoms with Crippen molar-refractivity contribution in [3.05, 3.63) is 34.9 Å². The lowest BCUT2D eigenvalue weighted by molar-refractivity contribution is -0.262. The van der Waals surface area contributed by atoms with E-state index < -0.39 is 31.9 Å². The second-order valence-electron chi connectivity index (χ2n) is 4.54. The van der Waals surface area contributed by atoms with E-state index in [1.165, 1.54) is 6.07 Å². The van der Waals surface area contributed by atoms with Crippen LogP contribution >= 0.6 is 0 Å². The number of aryl methyl sites for hydroxylation is 2. The molecule has 21 heavy (non-hydrogen) atoms. The molecular formula is C13H14F6O2. The van der Waals surface area contributed by atoms with E-state index in [4.69, 9.17) is 0 Å². The molecule has 120 valence electrons. The molecule has 0 radical (unpaired) electrons. The Hall–Kier alpha value is -1.28. The van der Waals surface area contributed by atoms with Crippen LogP contribution in [0.3, 0.4) is 0 Å². The van der Waals surface area contributed by atoms with Crippen LogP contribution in [-0.4, -0.2) is 25.6 Å². The average molecular weight is 316 g/mol. The van der Waals surface area contributed by atoms with Gasteiger partial charge >= 0.3 is 12.4 Å². The zero-order valence-electron chi connectivity index (χ0n) is 11.3. The zero-order valence-corrected chi connectivity index (χ0v) is 11.3. The monoisotopic (exact) mass is 316 g/mol. The highest BCUT2D eigenvalue weighted by Crippen LogP contribution is 2.28. The van der Waals surface area contributed by atoms with Crippen LogP contribution in [0, 0.1) is 13.8 Å². The SMILES string of the molecule is Cc1ccc(C(OCC(F)(F)F)OCC(F)(F)F)c(C)c1. The highest BCUT2D eigenvalue weighted by Gasteiger charge is 2.33. The van der Waals surface area contributed by atoms with Crippen LogP contribution in [0.15, 0.2) is 18.2 Å². The summed E-state index contributed by atoms with van der Waals surface area (Å²) in [6.07, 6.45) is -11.0.